The van der Waals surface area contributed by atoms with Gasteiger partial charge in [0.15, 0.2) is 0 Å². The Bertz CT molecular complexity index is 424. The van der Waals surface area contributed by atoms with Crippen LogP contribution in [0, 0.1) is 0 Å². The number of fused-ring (bicyclic) bond motifs is 1. The summed E-state index contributed by atoms with van der Waals surface area (Å²) in [6, 6.07) is 2.32. The Labute approximate surface area is 106 Å². The van der Waals surface area contributed by atoms with E-state index >= 15 is 0 Å². The number of hydrogen-bond acceptors (Lipinski definition) is 3. The van der Waals surface area contributed by atoms with Crippen LogP contribution < -0.4 is 5.73 Å². The lowest BCUT2D eigenvalue weighted by molar-refractivity contribution is 0.167. The predicted octanol–water partition coefficient (Wildman–Crippen LogP) is 3.19. The van der Waals surface area contributed by atoms with Gasteiger partial charge in [-0.3, -0.25) is 0 Å². The summed E-state index contributed by atoms with van der Waals surface area (Å²) in [5.41, 5.74) is 7.88. The van der Waals surface area contributed by atoms with Crippen molar-refractivity contribution in [3.8, 4) is 0 Å². The molecule has 0 spiro atoms. The molecule has 0 radical (unpaired) electrons. The largest absolute Gasteiger partial charge is 0.497 e. The minimum atomic E-state index is 0.0592. The molecule has 1 aliphatic heterocycles. The Morgan fingerprint density at radius 2 is 2.35 bits per heavy atom. The second kappa shape index (κ2) is 4.83. The molecule has 2 N–H and O–H groups in total. The van der Waals surface area contributed by atoms with Crippen LogP contribution in [0.15, 0.2) is 23.3 Å². The normalized spacial score (nSPS) is 25.7. The van der Waals surface area contributed by atoms with Crippen LogP contribution in [0.2, 0.25) is 0 Å². The number of ether oxygens (including phenoxy) is 1. The zero-order valence-electron chi connectivity index (χ0n) is 10.0. The van der Waals surface area contributed by atoms with Gasteiger partial charge in [0.2, 0.25) is 0 Å². The summed E-state index contributed by atoms with van der Waals surface area (Å²) in [7, 11) is 0. The highest BCUT2D eigenvalue weighted by Gasteiger charge is 2.29. The Morgan fingerprint density at radius 3 is 3.18 bits per heavy atom. The van der Waals surface area contributed by atoms with Crippen molar-refractivity contribution in [2.45, 2.75) is 44.1 Å². The van der Waals surface area contributed by atoms with Crippen molar-refractivity contribution in [1.29, 1.82) is 0 Å². The van der Waals surface area contributed by atoms with Crippen molar-refractivity contribution < 1.29 is 4.74 Å². The summed E-state index contributed by atoms with van der Waals surface area (Å²) < 4.78 is 5.72. The van der Waals surface area contributed by atoms with Gasteiger partial charge in [0.05, 0.1) is 12.6 Å². The predicted molar refractivity (Wildman–Crippen MR) is 71.2 cm³/mol. The van der Waals surface area contributed by atoms with E-state index < -0.39 is 0 Å². The van der Waals surface area contributed by atoms with Crippen molar-refractivity contribution in [3.05, 3.63) is 33.7 Å². The molecule has 0 saturated carbocycles. The molecule has 17 heavy (non-hydrogen) atoms. The molecule has 0 aromatic carbocycles. The van der Waals surface area contributed by atoms with Crippen LogP contribution in [-0.2, 0) is 11.2 Å². The summed E-state index contributed by atoms with van der Waals surface area (Å²) in [4.78, 5) is 1.54. The molecule has 2 heterocycles. The highest BCUT2D eigenvalue weighted by Crippen LogP contribution is 2.38. The highest BCUT2D eigenvalue weighted by molar-refractivity contribution is 7.10. The van der Waals surface area contributed by atoms with Gasteiger partial charge in [0.25, 0.3) is 0 Å². The Balaban J connectivity index is 1.83. The maximum Gasteiger partial charge on any atom is 0.109 e. The van der Waals surface area contributed by atoms with Crippen LogP contribution in [0.1, 0.15) is 42.0 Å². The number of thiophene rings is 1. The molecule has 1 aliphatic carbocycles. The van der Waals surface area contributed by atoms with Crippen LogP contribution in [0.3, 0.4) is 0 Å². The van der Waals surface area contributed by atoms with Crippen molar-refractivity contribution >= 4 is 11.3 Å². The lowest BCUT2D eigenvalue weighted by Crippen LogP contribution is -2.34. The smallest absolute Gasteiger partial charge is 0.109 e. The molecule has 0 amide bonds. The fraction of sp³-hybridized carbons (Fsp3) is 0.571. The van der Waals surface area contributed by atoms with Crippen LogP contribution in [0.5, 0.6) is 0 Å². The third kappa shape index (κ3) is 2.14. The van der Waals surface area contributed by atoms with E-state index in [1.807, 2.05) is 11.3 Å². The quantitative estimate of drug-likeness (QED) is 0.873. The first-order valence-corrected chi connectivity index (χ1v) is 7.39. The highest BCUT2D eigenvalue weighted by atomic mass is 32.1. The molecule has 92 valence electrons. The van der Waals surface area contributed by atoms with Gasteiger partial charge in [0, 0.05) is 10.8 Å². The number of rotatable bonds is 2. The van der Waals surface area contributed by atoms with Gasteiger partial charge in [-0.15, -0.1) is 11.3 Å². The van der Waals surface area contributed by atoms with E-state index in [0.29, 0.717) is 5.92 Å². The SMILES string of the molecule is NC(C1=CCCCO1)C1CCCc2sccc21. The maximum absolute atomic E-state index is 6.41. The van der Waals surface area contributed by atoms with Gasteiger partial charge in [-0.05, 0) is 55.2 Å². The molecule has 0 saturated heterocycles. The molecular formula is C14H19NOS. The maximum atomic E-state index is 6.41. The zero-order chi connectivity index (χ0) is 11.7. The average Bonchev–Trinajstić information content (AvgIpc) is 2.87. The number of hydrogen-bond donors (Lipinski definition) is 1. The summed E-state index contributed by atoms with van der Waals surface area (Å²) in [5.74, 6) is 1.50. The van der Waals surface area contributed by atoms with Gasteiger partial charge in [0.1, 0.15) is 5.76 Å². The lowest BCUT2D eigenvalue weighted by atomic mass is 9.82. The number of aryl methyl sites for hydroxylation is 1. The van der Waals surface area contributed by atoms with Crippen molar-refractivity contribution in [1.82, 2.24) is 0 Å². The summed E-state index contributed by atoms with van der Waals surface area (Å²) in [6.07, 6.45) is 8.13. The van der Waals surface area contributed by atoms with E-state index in [1.54, 1.807) is 0 Å². The van der Waals surface area contributed by atoms with E-state index in [-0.39, 0.29) is 6.04 Å². The first kappa shape index (κ1) is 11.3. The Morgan fingerprint density at radius 1 is 1.41 bits per heavy atom. The van der Waals surface area contributed by atoms with Gasteiger partial charge >= 0.3 is 0 Å². The molecule has 2 aliphatic rings. The van der Waals surface area contributed by atoms with Gasteiger partial charge < -0.3 is 10.5 Å². The fourth-order valence-corrected chi connectivity index (χ4v) is 3.90. The minimum Gasteiger partial charge on any atom is -0.497 e. The van der Waals surface area contributed by atoms with E-state index in [4.69, 9.17) is 10.5 Å². The third-order valence-corrected chi connectivity index (χ3v) is 4.82. The monoisotopic (exact) mass is 249 g/mol. The summed E-state index contributed by atoms with van der Waals surface area (Å²) in [6.45, 7) is 0.836. The molecule has 1 aromatic heterocycles. The third-order valence-electron chi connectivity index (χ3n) is 3.82. The average molecular weight is 249 g/mol. The standard InChI is InChI=1S/C14H19NOS/c15-14(12-5-1-2-8-16-12)11-4-3-6-13-10(11)7-9-17-13/h5,7,9,11,14H,1-4,6,8,15H2. The van der Waals surface area contributed by atoms with Crippen LogP contribution in [0.25, 0.3) is 0 Å². The molecule has 0 bridgehead atoms. The van der Waals surface area contributed by atoms with Crippen molar-refractivity contribution in [2.24, 2.45) is 5.73 Å². The summed E-state index contributed by atoms with van der Waals surface area (Å²) in [5, 5.41) is 2.20. The molecule has 2 nitrogen and oxygen atoms in total. The molecule has 1 aromatic rings. The van der Waals surface area contributed by atoms with E-state index in [9.17, 15) is 0 Å². The fourth-order valence-electron chi connectivity index (χ4n) is 2.90. The van der Waals surface area contributed by atoms with Gasteiger partial charge in [-0.25, -0.2) is 0 Å². The number of allylic oxidation sites excluding steroid dienone is 1. The van der Waals surface area contributed by atoms with Crippen LogP contribution >= 0.6 is 11.3 Å². The second-order valence-electron chi connectivity index (χ2n) is 4.92. The number of nitrogens with two attached hydrogens (primary N) is 1. The summed E-state index contributed by atoms with van der Waals surface area (Å²) >= 11 is 1.88. The molecule has 3 rings (SSSR count). The Hall–Kier alpha value is -0.800. The topological polar surface area (TPSA) is 35.2 Å². The van der Waals surface area contributed by atoms with Crippen LogP contribution in [-0.4, -0.2) is 12.6 Å². The second-order valence-corrected chi connectivity index (χ2v) is 5.92. The van der Waals surface area contributed by atoms with Gasteiger partial charge in [-0.1, -0.05) is 0 Å². The van der Waals surface area contributed by atoms with E-state index in [2.05, 4.69) is 17.5 Å². The molecule has 0 fully saturated rings. The first-order valence-electron chi connectivity index (χ1n) is 6.51. The molecular weight excluding hydrogens is 230 g/mol. The molecule has 2 unspecified atom stereocenters. The molecule has 3 heteroatoms. The minimum absolute atomic E-state index is 0.0592. The zero-order valence-corrected chi connectivity index (χ0v) is 10.8. The van der Waals surface area contributed by atoms with Crippen LogP contribution in [0.4, 0.5) is 0 Å². The van der Waals surface area contributed by atoms with Gasteiger partial charge in [-0.2, -0.15) is 0 Å². The molecule has 2 atom stereocenters. The Kier molecular flexibility index (Phi) is 3.21. The first-order chi connectivity index (χ1) is 8.36. The van der Waals surface area contributed by atoms with Crippen molar-refractivity contribution in [2.75, 3.05) is 6.61 Å². The van der Waals surface area contributed by atoms with E-state index in [0.717, 1.165) is 25.2 Å². The van der Waals surface area contributed by atoms with Crippen molar-refractivity contribution in [3.63, 3.8) is 0 Å². The van der Waals surface area contributed by atoms with E-state index in [1.165, 1.54) is 29.7 Å². The lowest BCUT2D eigenvalue weighted by Gasteiger charge is -2.30.